The molecule has 0 aromatic heterocycles. The molecule has 2 aliphatic rings. The first-order valence-corrected chi connectivity index (χ1v) is 6.02. The lowest BCUT2D eigenvalue weighted by molar-refractivity contribution is 0.225. The van der Waals surface area contributed by atoms with Gasteiger partial charge in [0, 0.05) is 17.5 Å². The molecule has 86 valence electrons. The van der Waals surface area contributed by atoms with Gasteiger partial charge in [0.05, 0.1) is 5.54 Å². The van der Waals surface area contributed by atoms with E-state index in [1.165, 1.54) is 18.7 Å². The van der Waals surface area contributed by atoms with Gasteiger partial charge in [0.2, 0.25) is 0 Å². The van der Waals surface area contributed by atoms with Gasteiger partial charge in [0.15, 0.2) is 0 Å². The highest BCUT2D eigenvalue weighted by atomic mass is 15.3. The summed E-state index contributed by atoms with van der Waals surface area (Å²) in [7, 11) is 0. The minimum Gasteiger partial charge on any atom is -0.353 e. The first kappa shape index (κ1) is 11.0. The third kappa shape index (κ3) is 1.91. The smallest absolute Gasteiger partial charge is 0.106 e. The summed E-state index contributed by atoms with van der Waals surface area (Å²) >= 11 is 0. The average Bonchev–Trinajstić information content (AvgIpc) is 2.55. The van der Waals surface area contributed by atoms with E-state index >= 15 is 0 Å². The number of rotatable bonds is 0. The van der Waals surface area contributed by atoms with Crippen molar-refractivity contribution in [1.82, 2.24) is 4.90 Å². The van der Waals surface area contributed by atoms with E-state index in [-0.39, 0.29) is 11.0 Å². The molecule has 0 aromatic carbocycles. The number of hydrogen-bond acceptors (Lipinski definition) is 2. The van der Waals surface area contributed by atoms with Crippen LogP contribution in [0.3, 0.4) is 0 Å². The Labute approximate surface area is 93.8 Å². The van der Waals surface area contributed by atoms with Gasteiger partial charge in [0.1, 0.15) is 5.84 Å². The van der Waals surface area contributed by atoms with Crippen molar-refractivity contribution in [3.63, 3.8) is 0 Å². The van der Waals surface area contributed by atoms with Crippen molar-refractivity contribution >= 4 is 5.84 Å². The average molecular weight is 208 g/mol. The minimum atomic E-state index is 0.180. The maximum absolute atomic E-state index is 4.99. The zero-order valence-electron chi connectivity index (χ0n) is 11.0. The van der Waals surface area contributed by atoms with Crippen LogP contribution in [0.25, 0.3) is 0 Å². The Kier molecular flexibility index (Phi) is 2.03. The van der Waals surface area contributed by atoms with E-state index in [2.05, 4.69) is 46.4 Å². The standard InChI is InChI=1S/C13H24N2/c1-11(2,3)10-14-13(7-8-13)9-15(10)12(4,5)6/h7-9H2,1-6H3. The van der Waals surface area contributed by atoms with E-state index in [0.717, 1.165) is 6.54 Å². The Bertz CT molecular complexity index is 297. The number of aliphatic imine (C=N–C) groups is 1. The lowest BCUT2D eigenvalue weighted by Gasteiger charge is -2.39. The van der Waals surface area contributed by atoms with Gasteiger partial charge in [0.25, 0.3) is 0 Å². The van der Waals surface area contributed by atoms with E-state index in [1.807, 2.05) is 0 Å². The van der Waals surface area contributed by atoms with Gasteiger partial charge < -0.3 is 4.90 Å². The molecule has 2 heteroatoms. The van der Waals surface area contributed by atoms with Crippen molar-refractivity contribution in [2.75, 3.05) is 6.54 Å². The predicted molar refractivity (Wildman–Crippen MR) is 65.3 cm³/mol. The molecule has 1 saturated carbocycles. The molecular weight excluding hydrogens is 184 g/mol. The van der Waals surface area contributed by atoms with Gasteiger partial charge in [-0.2, -0.15) is 0 Å². The van der Waals surface area contributed by atoms with Gasteiger partial charge >= 0.3 is 0 Å². The van der Waals surface area contributed by atoms with Crippen molar-refractivity contribution in [3.8, 4) is 0 Å². The molecule has 0 aromatic rings. The second kappa shape index (κ2) is 2.78. The van der Waals surface area contributed by atoms with Crippen LogP contribution in [0, 0.1) is 5.41 Å². The Morgan fingerprint density at radius 3 is 1.87 bits per heavy atom. The van der Waals surface area contributed by atoms with Crippen molar-refractivity contribution < 1.29 is 0 Å². The summed E-state index contributed by atoms with van der Waals surface area (Å²) in [5, 5.41) is 0. The Balaban J connectivity index is 2.31. The molecular formula is C13H24N2. The third-order valence-corrected chi connectivity index (χ3v) is 3.36. The zero-order chi connectivity index (χ0) is 11.5. The summed E-state index contributed by atoms with van der Waals surface area (Å²) in [6.07, 6.45) is 2.58. The molecule has 1 heterocycles. The van der Waals surface area contributed by atoms with Crippen LogP contribution in [0.4, 0.5) is 0 Å². The summed E-state index contributed by atoms with van der Waals surface area (Å²) in [4.78, 5) is 7.51. The fraction of sp³-hybridized carbons (Fsp3) is 0.923. The van der Waals surface area contributed by atoms with E-state index in [1.54, 1.807) is 0 Å². The van der Waals surface area contributed by atoms with Crippen LogP contribution in [-0.2, 0) is 0 Å². The molecule has 1 aliphatic carbocycles. The molecule has 0 unspecified atom stereocenters. The molecule has 0 atom stereocenters. The SMILES string of the molecule is CC(C)(C)C1=NC2(CC2)CN1C(C)(C)C. The topological polar surface area (TPSA) is 15.6 Å². The molecule has 15 heavy (non-hydrogen) atoms. The molecule has 0 N–H and O–H groups in total. The molecule has 0 amide bonds. The predicted octanol–water partition coefficient (Wildman–Crippen LogP) is 3.08. The van der Waals surface area contributed by atoms with Gasteiger partial charge in [-0.1, -0.05) is 20.8 Å². The number of amidine groups is 1. The van der Waals surface area contributed by atoms with Crippen LogP contribution in [-0.4, -0.2) is 28.4 Å². The normalized spacial score (nSPS) is 24.7. The summed E-state index contributed by atoms with van der Waals surface area (Å²) in [5.74, 6) is 1.31. The highest BCUT2D eigenvalue weighted by Crippen LogP contribution is 2.47. The molecule has 1 aliphatic heterocycles. The van der Waals surface area contributed by atoms with Crippen molar-refractivity contribution in [2.24, 2.45) is 10.4 Å². The van der Waals surface area contributed by atoms with E-state index in [9.17, 15) is 0 Å². The third-order valence-electron chi connectivity index (χ3n) is 3.36. The molecule has 1 fully saturated rings. The second-order valence-corrected chi connectivity index (χ2v) is 7.17. The summed E-state index contributed by atoms with van der Waals surface area (Å²) in [6.45, 7) is 14.8. The lowest BCUT2D eigenvalue weighted by atomic mass is 9.91. The molecule has 2 nitrogen and oxygen atoms in total. The fourth-order valence-corrected chi connectivity index (χ4v) is 2.23. The maximum Gasteiger partial charge on any atom is 0.106 e. The monoisotopic (exact) mass is 208 g/mol. The van der Waals surface area contributed by atoms with Crippen LogP contribution >= 0.6 is 0 Å². The van der Waals surface area contributed by atoms with Crippen LogP contribution in [0.5, 0.6) is 0 Å². The maximum atomic E-state index is 4.99. The Morgan fingerprint density at radius 2 is 1.60 bits per heavy atom. The van der Waals surface area contributed by atoms with Crippen LogP contribution in [0.2, 0.25) is 0 Å². The molecule has 1 spiro atoms. The Hall–Kier alpha value is -0.530. The van der Waals surface area contributed by atoms with E-state index < -0.39 is 0 Å². The van der Waals surface area contributed by atoms with Crippen LogP contribution in [0.15, 0.2) is 4.99 Å². The summed E-state index contributed by atoms with van der Waals surface area (Å²) in [6, 6.07) is 0. The van der Waals surface area contributed by atoms with E-state index in [0.29, 0.717) is 5.54 Å². The molecule has 0 bridgehead atoms. The fourth-order valence-electron chi connectivity index (χ4n) is 2.23. The summed E-state index contributed by atoms with van der Waals surface area (Å²) < 4.78 is 0. The van der Waals surface area contributed by atoms with Crippen LogP contribution in [0.1, 0.15) is 54.4 Å². The van der Waals surface area contributed by atoms with E-state index in [4.69, 9.17) is 4.99 Å². The first-order valence-electron chi connectivity index (χ1n) is 6.02. The number of hydrogen-bond donors (Lipinski definition) is 0. The van der Waals surface area contributed by atoms with Gasteiger partial charge in [-0.25, -0.2) is 0 Å². The quantitative estimate of drug-likeness (QED) is 0.597. The second-order valence-electron chi connectivity index (χ2n) is 7.17. The largest absolute Gasteiger partial charge is 0.353 e. The Morgan fingerprint density at radius 1 is 1.07 bits per heavy atom. The highest BCUT2D eigenvalue weighted by molar-refractivity contribution is 5.90. The molecule has 0 radical (unpaired) electrons. The molecule has 0 saturated heterocycles. The lowest BCUT2D eigenvalue weighted by Crippen LogP contribution is -2.48. The molecule has 2 rings (SSSR count). The van der Waals surface area contributed by atoms with Crippen molar-refractivity contribution in [2.45, 2.75) is 65.5 Å². The van der Waals surface area contributed by atoms with Gasteiger partial charge in [-0.3, -0.25) is 4.99 Å². The number of nitrogens with zero attached hydrogens (tertiary/aromatic N) is 2. The zero-order valence-corrected chi connectivity index (χ0v) is 11.0. The van der Waals surface area contributed by atoms with Crippen molar-refractivity contribution in [3.05, 3.63) is 0 Å². The van der Waals surface area contributed by atoms with Crippen LogP contribution < -0.4 is 0 Å². The van der Waals surface area contributed by atoms with Gasteiger partial charge in [-0.15, -0.1) is 0 Å². The first-order chi connectivity index (χ1) is 6.64. The minimum absolute atomic E-state index is 0.180. The van der Waals surface area contributed by atoms with Crippen molar-refractivity contribution in [1.29, 1.82) is 0 Å². The highest BCUT2D eigenvalue weighted by Gasteiger charge is 2.52. The summed E-state index contributed by atoms with van der Waals surface area (Å²) in [5.41, 5.74) is 0.702. The van der Waals surface area contributed by atoms with Gasteiger partial charge in [-0.05, 0) is 33.6 Å².